The number of ether oxygens (including phenoxy) is 1. The Morgan fingerprint density at radius 3 is 2.57 bits per heavy atom. The van der Waals surface area contributed by atoms with Gasteiger partial charge < -0.3 is 15.2 Å². The fourth-order valence-corrected chi connectivity index (χ4v) is 1.14. The highest BCUT2D eigenvalue weighted by atomic mass is 16.5. The van der Waals surface area contributed by atoms with E-state index >= 15 is 0 Å². The van der Waals surface area contributed by atoms with Crippen LogP contribution in [-0.4, -0.2) is 37.0 Å². The molecule has 14 heavy (non-hydrogen) atoms. The van der Waals surface area contributed by atoms with E-state index in [2.05, 4.69) is 26.1 Å². The largest absolute Gasteiger partial charge is 0.395 e. The molecule has 0 aliphatic heterocycles. The van der Waals surface area contributed by atoms with Crippen LogP contribution in [-0.2, 0) is 4.74 Å². The van der Waals surface area contributed by atoms with Gasteiger partial charge in [-0.15, -0.1) is 0 Å². The lowest BCUT2D eigenvalue weighted by atomic mass is 10.2. The molecular formula is C11H25NO2. The summed E-state index contributed by atoms with van der Waals surface area (Å²) in [7, 11) is 0. The standard InChI is InChI=1S/C11H25NO2/c1-4-7-12-11(9-13)6-8-14-10(3)5-2/h10-13H,4-9H2,1-3H3. The maximum atomic E-state index is 9.06. The number of rotatable bonds is 9. The summed E-state index contributed by atoms with van der Waals surface area (Å²) < 4.78 is 5.55. The zero-order valence-electron chi connectivity index (χ0n) is 9.75. The van der Waals surface area contributed by atoms with Crippen LogP contribution in [0.1, 0.15) is 40.0 Å². The fraction of sp³-hybridized carbons (Fsp3) is 1.00. The summed E-state index contributed by atoms with van der Waals surface area (Å²) in [6, 6.07) is 0.194. The molecule has 0 aliphatic rings. The Bertz CT molecular complexity index is 120. The summed E-state index contributed by atoms with van der Waals surface area (Å²) in [4.78, 5) is 0. The van der Waals surface area contributed by atoms with Crippen LogP contribution in [0.15, 0.2) is 0 Å². The third-order valence-electron chi connectivity index (χ3n) is 2.35. The molecular weight excluding hydrogens is 178 g/mol. The minimum absolute atomic E-state index is 0.194. The minimum Gasteiger partial charge on any atom is -0.395 e. The van der Waals surface area contributed by atoms with E-state index in [1.807, 2.05) is 0 Å². The summed E-state index contributed by atoms with van der Waals surface area (Å²) in [5, 5.41) is 12.3. The lowest BCUT2D eigenvalue weighted by molar-refractivity contribution is 0.0528. The quantitative estimate of drug-likeness (QED) is 0.597. The molecule has 86 valence electrons. The van der Waals surface area contributed by atoms with Crippen molar-refractivity contribution in [3.05, 3.63) is 0 Å². The van der Waals surface area contributed by atoms with E-state index in [4.69, 9.17) is 9.84 Å². The topological polar surface area (TPSA) is 41.5 Å². The van der Waals surface area contributed by atoms with E-state index in [1.54, 1.807) is 0 Å². The van der Waals surface area contributed by atoms with Crippen molar-refractivity contribution >= 4 is 0 Å². The summed E-state index contributed by atoms with van der Waals surface area (Å²) in [6.07, 6.45) is 3.37. The molecule has 2 N–H and O–H groups in total. The van der Waals surface area contributed by atoms with Crippen molar-refractivity contribution in [2.45, 2.75) is 52.2 Å². The van der Waals surface area contributed by atoms with Crippen LogP contribution in [0, 0.1) is 0 Å². The first-order valence-electron chi connectivity index (χ1n) is 5.70. The second kappa shape index (κ2) is 9.44. The Hall–Kier alpha value is -0.120. The van der Waals surface area contributed by atoms with Gasteiger partial charge in [0.05, 0.1) is 12.7 Å². The van der Waals surface area contributed by atoms with Gasteiger partial charge in [0.1, 0.15) is 0 Å². The highest BCUT2D eigenvalue weighted by Crippen LogP contribution is 1.99. The zero-order chi connectivity index (χ0) is 10.8. The third-order valence-corrected chi connectivity index (χ3v) is 2.35. The van der Waals surface area contributed by atoms with Gasteiger partial charge in [0.25, 0.3) is 0 Å². The molecule has 0 aliphatic carbocycles. The van der Waals surface area contributed by atoms with Crippen LogP contribution in [0.4, 0.5) is 0 Å². The van der Waals surface area contributed by atoms with Gasteiger partial charge in [0.15, 0.2) is 0 Å². The number of hydrogen-bond donors (Lipinski definition) is 2. The molecule has 0 bridgehead atoms. The van der Waals surface area contributed by atoms with Crippen LogP contribution in [0.25, 0.3) is 0 Å². The van der Waals surface area contributed by atoms with Gasteiger partial charge in [0.2, 0.25) is 0 Å². The lowest BCUT2D eigenvalue weighted by Crippen LogP contribution is -2.34. The Morgan fingerprint density at radius 1 is 1.36 bits per heavy atom. The molecule has 0 aromatic carbocycles. The first-order chi connectivity index (χ1) is 6.74. The van der Waals surface area contributed by atoms with Gasteiger partial charge in [-0.1, -0.05) is 13.8 Å². The average molecular weight is 203 g/mol. The third kappa shape index (κ3) is 7.30. The molecule has 3 nitrogen and oxygen atoms in total. The van der Waals surface area contributed by atoms with Crippen LogP contribution in [0.3, 0.4) is 0 Å². The van der Waals surface area contributed by atoms with Gasteiger partial charge >= 0.3 is 0 Å². The van der Waals surface area contributed by atoms with Gasteiger partial charge in [-0.2, -0.15) is 0 Å². The molecule has 2 atom stereocenters. The Balaban J connectivity index is 3.42. The average Bonchev–Trinajstić information content (AvgIpc) is 2.22. The van der Waals surface area contributed by atoms with E-state index in [0.717, 1.165) is 32.4 Å². The molecule has 0 spiro atoms. The van der Waals surface area contributed by atoms with E-state index in [9.17, 15) is 0 Å². The normalized spacial score (nSPS) is 15.4. The number of hydrogen-bond acceptors (Lipinski definition) is 3. The number of nitrogens with one attached hydrogen (secondary N) is 1. The maximum Gasteiger partial charge on any atom is 0.0585 e. The van der Waals surface area contributed by atoms with E-state index in [1.165, 1.54) is 0 Å². The number of aliphatic hydroxyl groups excluding tert-OH is 1. The zero-order valence-corrected chi connectivity index (χ0v) is 9.75. The van der Waals surface area contributed by atoms with Crippen molar-refractivity contribution in [1.82, 2.24) is 5.32 Å². The van der Waals surface area contributed by atoms with Gasteiger partial charge in [-0.25, -0.2) is 0 Å². The van der Waals surface area contributed by atoms with Crippen molar-refractivity contribution in [1.29, 1.82) is 0 Å². The van der Waals surface area contributed by atoms with Crippen molar-refractivity contribution < 1.29 is 9.84 Å². The summed E-state index contributed by atoms with van der Waals surface area (Å²) in [6.45, 7) is 8.21. The highest BCUT2D eigenvalue weighted by Gasteiger charge is 2.06. The van der Waals surface area contributed by atoms with Crippen molar-refractivity contribution in [3.8, 4) is 0 Å². The monoisotopic (exact) mass is 203 g/mol. The van der Waals surface area contributed by atoms with Crippen LogP contribution >= 0.6 is 0 Å². The van der Waals surface area contributed by atoms with Gasteiger partial charge in [-0.3, -0.25) is 0 Å². The summed E-state index contributed by atoms with van der Waals surface area (Å²) in [5.41, 5.74) is 0. The molecule has 0 fully saturated rings. The highest BCUT2D eigenvalue weighted by molar-refractivity contribution is 4.64. The molecule has 0 radical (unpaired) electrons. The molecule has 0 saturated heterocycles. The van der Waals surface area contributed by atoms with Crippen molar-refractivity contribution in [2.24, 2.45) is 0 Å². The second-order valence-electron chi connectivity index (χ2n) is 3.71. The van der Waals surface area contributed by atoms with Crippen LogP contribution in [0.5, 0.6) is 0 Å². The second-order valence-corrected chi connectivity index (χ2v) is 3.71. The maximum absolute atomic E-state index is 9.06. The molecule has 0 aromatic rings. The Labute approximate surface area is 87.8 Å². The van der Waals surface area contributed by atoms with Crippen molar-refractivity contribution in [2.75, 3.05) is 19.8 Å². The van der Waals surface area contributed by atoms with E-state index in [-0.39, 0.29) is 12.6 Å². The first-order valence-corrected chi connectivity index (χ1v) is 5.70. The molecule has 0 aromatic heterocycles. The predicted molar refractivity (Wildman–Crippen MR) is 59.5 cm³/mol. The van der Waals surface area contributed by atoms with E-state index in [0.29, 0.717) is 6.10 Å². The smallest absolute Gasteiger partial charge is 0.0585 e. The summed E-state index contributed by atoms with van der Waals surface area (Å²) in [5.74, 6) is 0. The Morgan fingerprint density at radius 2 is 2.07 bits per heavy atom. The first kappa shape index (κ1) is 13.9. The van der Waals surface area contributed by atoms with Gasteiger partial charge in [0, 0.05) is 12.6 Å². The molecule has 0 heterocycles. The lowest BCUT2D eigenvalue weighted by Gasteiger charge is -2.17. The molecule has 0 amide bonds. The van der Waals surface area contributed by atoms with Crippen LogP contribution < -0.4 is 5.32 Å². The van der Waals surface area contributed by atoms with E-state index < -0.39 is 0 Å². The summed E-state index contributed by atoms with van der Waals surface area (Å²) >= 11 is 0. The Kier molecular flexibility index (Phi) is 9.35. The van der Waals surface area contributed by atoms with Crippen molar-refractivity contribution in [3.63, 3.8) is 0 Å². The molecule has 0 saturated carbocycles. The number of aliphatic hydroxyl groups is 1. The van der Waals surface area contributed by atoms with Crippen LogP contribution in [0.2, 0.25) is 0 Å². The predicted octanol–water partition coefficient (Wildman–Crippen LogP) is 1.55. The fourth-order valence-electron chi connectivity index (χ4n) is 1.14. The molecule has 3 heteroatoms. The SMILES string of the molecule is CCCNC(CO)CCOC(C)CC. The minimum atomic E-state index is 0.194. The van der Waals surface area contributed by atoms with Gasteiger partial charge in [-0.05, 0) is 32.7 Å². The molecule has 2 unspecified atom stereocenters. The molecule has 0 rings (SSSR count).